The Kier molecular flexibility index (Phi) is 7.41. The zero-order chi connectivity index (χ0) is 18.3. The van der Waals surface area contributed by atoms with Crippen LogP contribution in [-0.4, -0.2) is 36.0 Å². The molecule has 7 heteroatoms. The molecule has 0 bridgehead atoms. The van der Waals surface area contributed by atoms with Crippen molar-refractivity contribution in [1.82, 2.24) is 10.6 Å². The molecule has 1 aromatic rings. The number of hydrogen-bond acceptors (Lipinski definition) is 4. The molecule has 1 rings (SSSR count). The quantitative estimate of drug-likeness (QED) is 0.720. The molecule has 0 saturated carbocycles. The van der Waals surface area contributed by atoms with E-state index in [0.717, 1.165) is 4.47 Å². The van der Waals surface area contributed by atoms with E-state index in [1.807, 2.05) is 20.8 Å². The number of halogens is 1. The Morgan fingerprint density at radius 1 is 1.17 bits per heavy atom. The highest BCUT2D eigenvalue weighted by atomic mass is 79.9. The van der Waals surface area contributed by atoms with Crippen LogP contribution in [0.5, 0.6) is 0 Å². The van der Waals surface area contributed by atoms with Crippen molar-refractivity contribution in [3.8, 4) is 0 Å². The van der Waals surface area contributed by atoms with Gasteiger partial charge in [0.1, 0.15) is 0 Å². The number of amides is 2. The lowest BCUT2D eigenvalue weighted by molar-refractivity contribution is -0.155. The summed E-state index contributed by atoms with van der Waals surface area (Å²) >= 11 is 3.29. The first kappa shape index (κ1) is 20.2. The van der Waals surface area contributed by atoms with Crippen LogP contribution >= 0.6 is 15.9 Å². The van der Waals surface area contributed by atoms with Crippen molar-refractivity contribution in [2.45, 2.75) is 45.8 Å². The molecule has 0 unspecified atom stereocenters. The van der Waals surface area contributed by atoms with E-state index in [1.54, 1.807) is 24.3 Å². The summed E-state index contributed by atoms with van der Waals surface area (Å²) in [5.41, 5.74) is 0.112. The smallest absolute Gasteiger partial charge is 0.308 e. The fourth-order valence-corrected chi connectivity index (χ4v) is 2.03. The average molecular weight is 399 g/mol. The monoisotopic (exact) mass is 398 g/mol. The third-order valence-electron chi connectivity index (χ3n) is 2.90. The fraction of sp³-hybridized carbons (Fsp3) is 0.471. The van der Waals surface area contributed by atoms with Crippen molar-refractivity contribution in [2.75, 3.05) is 6.54 Å². The van der Waals surface area contributed by atoms with Crippen LogP contribution in [0.15, 0.2) is 28.7 Å². The van der Waals surface area contributed by atoms with Gasteiger partial charge < -0.3 is 15.4 Å². The van der Waals surface area contributed by atoms with Gasteiger partial charge in [-0.05, 0) is 52.0 Å². The maximum Gasteiger partial charge on any atom is 0.308 e. The summed E-state index contributed by atoms with van der Waals surface area (Å²) in [6.07, 6.45) is -0.881. The van der Waals surface area contributed by atoms with Gasteiger partial charge >= 0.3 is 5.97 Å². The van der Waals surface area contributed by atoms with Gasteiger partial charge in [0.25, 0.3) is 11.8 Å². The SMILES string of the molecule is C[C@@H](OC(=O)CCNC(=O)c1ccc(Br)cc1)C(=O)NC(C)(C)C. The number of nitrogens with one attached hydrogen (secondary N) is 2. The van der Waals surface area contributed by atoms with Crippen LogP contribution in [0.3, 0.4) is 0 Å². The summed E-state index contributed by atoms with van der Waals surface area (Å²) in [7, 11) is 0. The third-order valence-corrected chi connectivity index (χ3v) is 3.43. The van der Waals surface area contributed by atoms with Gasteiger partial charge in [0.15, 0.2) is 6.10 Å². The topological polar surface area (TPSA) is 84.5 Å². The minimum Gasteiger partial charge on any atom is -0.452 e. The van der Waals surface area contributed by atoms with Crippen molar-refractivity contribution in [1.29, 1.82) is 0 Å². The van der Waals surface area contributed by atoms with Gasteiger partial charge in [0, 0.05) is 22.1 Å². The predicted octanol–water partition coefficient (Wildman–Crippen LogP) is 2.42. The number of benzene rings is 1. The molecular weight excluding hydrogens is 376 g/mol. The van der Waals surface area contributed by atoms with Crippen LogP contribution in [0.25, 0.3) is 0 Å². The second kappa shape index (κ2) is 8.82. The van der Waals surface area contributed by atoms with E-state index >= 15 is 0 Å². The molecule has 2 N–H and O–H groups in total. The lowest BCUT2D eigenvalue weighted by atomic mass is 10.1. The van der Waals surface area contributed by atoms with Crippen molar-refractivity contribution in [3.63, 3.8) is 0 Å². The molecule has 0 spiro atoms. The highest BCUT2D eigenvalue weighted by molar-refractivity contribution is 9.10. The number of ether oxygens (including phenoxy) is 1. The fourth-order valence-electron chi connectivity index (χ4n) is 1.76. The summed E-state index contributed by atoms with van der Waals surface area (Å²) < 4.78 is 5.93. The van der Waals surface area contributed by atoms with Crippen LogP contribution in [0.4, 0.5) is 0 Å². The summed E-state index contributed by atoms with van der Waals surface area (Å²) in [4.78, 5) is 35.4. The maximum absolute atomic E-state index is 11.9. The van der Waals surface area contributed by atoms with Crippen LogP contribution in [-0.2, 0) is 14.3 Å². The molecule has 1 atom stereocenters. The molecule has 24 heavy (non-hydrogen) atoms. The Morgan fingerprint density at radius 2 is 1.75 bits per heavy atom. The largest absolute Gasteiger partial charge is 0.452 e. The summed E-state index contributed by atoms with van der Waals surface area (Å²) in [5, 5.41) is 5.37. The first-order valence-electron chi connectivity index (χ1n) is 7.64. The molecule has 6 nitrogen and oxygen atoms in total. The number of hydrogen-bond donors (Lipinski definition) is 2. The maximum atomic E-state index is 11.9. The van der Waals surface area contributed by atoms with Crippen LogP contribution in [0.2, 0.25) is 0 Å². The summed E-state index contributed by atoms with van der Waals surface area (Å²) in [5.74, 6) is -1.16. The van der Waals surface area contributed by atoms with Crippen LogP contribution in [0.1, 0.15) is 44.5 Å². The highest BCUT2D eigenvalue weighted by Crippen LogP contribution is 2.10. The Hall–Kier alpha value is -1.89. The minimum absolute atomic E-state index is 0.00456. The van der Waals surface area contributed by atoms with Crippen molar-refractivity contribution < 1.29 is 19.1 Å². The van der Waals surface area contributed by atoms with E-state index in [1.165, 1.54) is 6.92 Å². The van der Waals surface area contributed by atoms with Crippen LogP contribution < -0.4 is 10.6 Å². The third kappa shape index (κ3) is 7.59. The standard InChI is InChI=1S/C17H23BrN2O4/c1-11(15(22)20-17(2,3)4)24-14(21)9-10-19-16(23)12-5-7-13(18)8-6-12/h5-8,11H,9-10H2,1-4H3,(H,19,23)(H,20,22)/t11-/m1/s1. The number of carbonyl (C=O) groups excluding carboxylic acids is 3. The van der Waals surface area contributed by atoms with Gasteiger partial charge in [-0.2, -0.15) is 0 Å². The molecule has 2 amide bonds. The van der Waals surface area contributed by atoms with Crippen LogP contribution in [0, 0.1) is 0 Å². The number of rotatable bonds is 6. The van der Waals surface area contributed by atoms with Gasteiger partial charge in [0.2, 0.25) is 0 Å². The van der Waals surface area contributed by atoms with E-state index in [9.17, 15) is 14.4 Å². The van der Waals surface area contributed by atoms with E-state index in [4.69, 9.17) is 4.74 Å². The second-order valence-corrected chi connectivity index (χ2v) is 7.30. The van der Waals surface area contributed by atoms with Crippen molar-refractivity contribution in [3.05, 3.63) is 34.3 Å². The van der Waals surface area contributed by atoms with Gasteiger partial charge in [0.05, 0.1) is 6.42 Å². The minimum atomic E-state index is -0.876. The zero-order valence-corrected chi connectivity index (χ0v) is 15.9. The summed E-state index contributed by atoms with van der Waals surface area (Å²) in [6, 6.07) is 6.88. The van der Waals surface area contributed by atoms with Gasteiger partial charge in [-0.3, -0.25) is 14.4 Å². The first-order chi connectivity index (χ1) is 11.1. The molecule has 0 saturated heterocycles. The molecule has 0 radical (unpaired) electrons. The molecule has 0 heterocycles. The molecule has 0 aliphatic heterocycles. The van der Waals surface area contributed by atoms with Gasteiger partial charge in [-0.15, -0.1) is 0 Å². The second-order valence-electron chi connectivity index (χ2n) is 6.38. The van der Waals surface area contributed by atoms with E-state index in [0.29, 0.717) is 5.56 Å². The molecule has 0 fully saturated rings. The Balaban J connectivity index is 2.34. The predicted molar refractivity (Wildman–Crippen MR) is 94.5 cm³/mol. The zero-order valence-electron chi connectivity index (χ0n) is 14.3. The number of carbonyl (C=O) groups is 3. The first-order valence-corrected chi connectivity index (χ1v) is 8.43. The molecule has 0 aliphatic carbocycles. The Labute approximate surface area is 150 Å². The van der Waals surface area contributed by atoms with Crippen molar-refractivity contribution in [2.24, 2.45) is 0 Å². The van der Waals surface area contributed by atoms with Gasteiger partial charge in [-0.25, -0.2) is 0 Å². The lowest BCUT2D eigenvalue weighted by Crippen LogP contribution is -2.46. The molecule has 0 aliphatic rings. The Morgan fingerprint density at radius 3 is 2.29 bits per heavy atom. The Bertz CT molecular complexity index is 594. The van der Waals surface area contributed by atoms with Gasteiger partial charge in [-0.1, -0.05) is 15.9 Å². The van der Waals surface area contributed by atoms with E-state index in [-0.39, 0.29) is 24.8 Å². The lowest BCUT2D eigenvalue weighted by Gasteiger charge is -2.23. The number of esters is 1. The highest BCUT2D eigenvalue weighted by Gasteiger charge is 2.22. The van der Waals surface area contributed by atoms with Crippen molar-refractivity contribution >= 4 is 33.7 Å². The summed E-state index contributed by atoms with van der Waals surface area (Å²) in [6.45, 7) is 7.19. The molecular formula is C17H23BrN2O4. The molecule has 0 aromatic heterocycles. The van der Waals surface area contributed by atoms with E-state index < -0.39 is 17.6 Å². The molecule has 1 aromatic carbocycles. The average Bonchev–Trinajstić information content (AvgIpc) is 2.45. The molecule has 132 valence electrons. The van der Waals surface area contributed by atoms with E-state index in [2.05, 4.69) is 26.6 Å². The normalized spacial score (nSPS) is 12.2.